The van der Waals surface area contributed by atoms with Crippen LogP contribution in [0.1, 0.15) is 17.3 Å². The number of carbonyl (C=O) groups is 1. The number of nitrogens with one attached hydrogen (secondary N) is 2. The summed E-state index contributed by atoms with van der Waals surface area (Å²) in [4.78, 5) is 11.6. The van der Waals surface area contributed by atoms with Gasteiger partial charge in [-0.1, -0.05) is 11.6 Å². The van der Waals surface area contributed by atoms with Gasteiger partial charge >= 0.3 is 0 Å². The van der Waals surface area contributed by atoms with E-state index in [0.717, 1.165) is 6.07 Å². The third-order valence-electron chi connectivity index (χ3n) is 2.24. The number of halogens is 2. The molecule has 1 aromatic carbocycles. The number of carbonyl (C=O) groups excluding carboxylic acids is 1. The molecule has 0 saturated heterocycles. The van der Waals surface area contributed by atoms with E-state index in [9.17, 15) is 9.18 Å². The van der Waals surface area contributed by atoms with Crippen LogP contribution >= 0.6 is 11.6 Å². The van der Waals surface area contributed by atoms with Gasteiger partial charge in [-0.2, -0.15) is 0 Å². The van der Waals surface area contributed by atoms with E-state index in [1.165, 1.54) is 12.1 Å². The van der Waals surface area contributed by atoms with Crippen molar-refractivity contribution in [1.82, 2.24) is 10.6 Å². The van der Waals surface area contributed by atoms with E-state index >= 15 is 0 Å². The Morgan fingerprint density at radius 3 is 2.81 bits per heavy atom. The van der Waals surface area contributed by atoms with Gasteiger partial charge in [0, 0.05) is 18.2 Å². The molecule has 0 spiro atoms. The van der Waals surface area contributed by atoms with Gasteiger partial charge in [-0.15, -0.1) is 0 Å². The van der Waals surface area contributed by atoms with Crippen LogP contribution < -0.4 is 10.6 Å². The van der Waals surface area contributed by atoms with Crippen LogP contribution in [0.15, 0.2) is 18.2 Å². The lowest BCUT2D eigenvalue weighted by Crippen LogP contribution is -2.37. The quantitative estimate of drug-likeness (QED) is 0.848. The van der Waals surface area contributed by atoms with Crippen LogP contribution in [0, 0.1) is 5.82 Å². The molecule has 0 fully saturated rings. The van der Waals surface area contributed by atoms with Crippen LogP contribution in [0.25, 0.3) is 0 Å². The average Bonchev–Trinajstić information content (AvgIpc) is 2.29. The van der Waals surface area contributed by atoms with Crippen LogP contribution in [0.3, 0.4) is 0 Å². The first-order valence-corrected chi connectivity index (χ1v) is 5.33. The van der Waals surface area contributed by atoms with Crippen molar-refractivity contribution in [3.05, 3.63) is 34.6 Å². The van der Waals surface area contributed by atoms with Crippen molar-refractivity contribution in [2.75, 3.05) is 13.6 Å². The highest BCUT2D eigenvalue weighted by molar-refractivity contribution is 6.30. The predicted molar refractivity (Wildman–Crippen MR) is 62.3 cm³/mol. The van der Waals surface area contributed by atoms with Gasteiger partial charge in [0.05, 0.1) is 5.02 Å². The fourth-order valence-corrected chi connectivity index (χ4v) is 1.20. The summed E-state index contributed by atoms with van der Waals surface area (Å²) in [6.45, 7) is 2.42. The Morgan fingerprint density at radius 1 is 1.56 bits per heavy atom. The third kappa shape index (κ3) is 3.47. The Labute approximate surface area is 99.0 Å². The molecule has 16 heavy (non-hydrogen) atoms. The molecular formula is C11H14ClFN2O. The van der Waals surface area contributed by atoms with Gasteiger partial charge in [0.25, 0.3) is 5.91 Å². The minimum absolute atomic E-state index is 0.0140. The van der Waals surface area contributed by atoms with Crippen molar-refractivity contribution in [3.63, 3.8) is 0 Å². The number of amides is 1. The van der Waals surface area contributed by atoms with Crippen molar-refractivity contribution >= 4 is 17.5 Å². The molecular weight excluding hydrogens is 231 g/mol. The smallest absolute Gasteiger partial charge is 0.251 e. The second-order valence-electron chi connectivity index (χ2n) is 3.53. The Balaban J connectivity index is 2.63. The van der Waals surface area contributed by atoms with E-state index in [0.29, 0.717) is 6.54 Å². The zero-order valence-corrected chi connectivity index (χ0v) is 9.94. The zero-order valence-electron chi connectivity index (χ0n) is 9.18. The van der Waals surface area contributed by atoms with Gasteiger partial charge < -0.3 is 10.6 Å². The van der Waals surface area contributed by atoms with E-state index < -0.39 is 5.82 Å². The lowest BCUT2D eigenvalue weighted by molar-refractivity contribution is 0.0950. The van der Waals surface area contributed by atoms with E-state index in [2.05, 4.69) is 10.6 Å². The number of hydrogen-bond acceptors (Lipinski definition) is 2. The topological polar surface area (TPSA) is 41.1 Å². The third-order valence-corrected chi connectivity index (χ3v) is 2.55. The van der Waals surface area contributed by atoms with Gasteiger partial charge in [0.1, 0.15) is 5.82 Å². The summed E-state index contributed by atoms with van der Waals surface area (Å²) in [6, 6.07) is 4.15. The second kappa shape index (κ2) is 5.82. The molecule has 0 radical (unpaired) electrons. The predicted octanol–water partition coefficient (Wildman–Crippen LogP) is 1.82. The fraction of sp³-hybridized carbons (Fsp3) is 0.364. The van der Waals surface area contributed by atoms with Crippen LogP contribution in [-0.4, -0.2) is 25.5 Å². The van der Waals surface area contributed by atoms with E-state index in [4.69, 9.17) is 11.6 Å². The minimum Gasteiger partial charge on any atom is -0.350 e. The van der Waals surface area contributed by atoms with Crippen molar-refractivity contribution in [2.45, 2.75) is 13.0 Å². The summed E-state index contributed by atoms with van der Waals surface area (Å²) in [7, 11) is 1.80. The first-order chi connectivity index (χ1) is 7.54. The fourth-order valence-electron chi connectivity index (χ4n) is 1.09. The minimum atomic E-state index is -0.587. The van der Waals surface area contributed by atoms with Gasteiger partial charge in [-0.05, 0) is 32.2 Å². The first-order valence-electron chi connectivity index (χ1n) is 4.95. The van der Waals surface area contributed by atoms with E-state index in [1.807, 2.05) is 6.92 Å². The lowest BCUT2D eigenvalue weighted by Gasteiger charge is -2.11. The second-order valence-corrected chi connectivity index (χ2v) is 3.94. The maximum absolute atomic E-state index is 13.1. The number of hydrogen-bond donors (Lipinski definition) is 2. The molecule has 88 valence electrons. The zero-order chi connectivity index (χ0) is 12.1. The molecule has 1 rings (SSSR count). The van der Waals surface area contributed by atoms with E-state index in [-0.39, 0.29) is 22.5 Å². The summed E-state index contributed by atoms with van der Waals surface area (Å²) < 4.78 is 13.1. The largest absolute Gasteiger partial charge is 0.350 e. The molecule has 3 nitrogen and oxygen atoms in total. The average molecular weight is 245 g/mol. The van der Waals surface area contributed by atoms with Crippen LogP contribution in [0.5, 0.6) is 0 Å². The normalized spacial score (nSPS) is 12.2. The molecule has 0 heterocycles. The Hall–Kier alpha value is -1.13. The lowest BCUT2D eigenvalue weighted by atomic mass is 10.2. The molecule has 1 aromatic rings. The summed E-state index contributed by atoms with van der Waals surface area (Å²) in [5, 5.41) is 5.68. The van der Waals surface area contributed by atoms with Gasteiger partial charge in [-0.25, -0.2) is 4.39 Å². The van der Waals surface area contributed by atoms with Gasteiger partial charge in [-0.3, -0.25) is 4.79 Å². The molecule has 0 aliphatic rings. The monoisotopic (exact) mass is 244 g/mol. The molecule has 2 N–H and O–H groups in total. The molecule has 5 heteroatoms. The molecule has 0 bridgehead atoms. The highest BCUT2D eigenvalue weighted by atomic mass is 35.5. The number of benzene rings is 1. The molecule has 0 aliphatic heterocycles. The van der Waals surface area contributed by atoms with Crippen molar-refractivity contribution in [3.8, 4) is 0 Å². The highest BCUT2D eigenvalue weighted by Crippen LogP contribution is 2.15. The van der Waals surface area contributed by atoms with Crippen molar-refractivity contribution in [1.29, 1.82) is 0 Å². The summed E-state index contributed by atoms with van der Waals surface area (Å²) in [6.07, 6.45) is 0. The van der Waals surface area contributed by atoms with Crippen LogP contribution in [0.4, 0.5) is 4.39 Å². The van der Waals surface area contributed by atoms with Gasteiger partial charge in [0.15, 0.2) is 0 Å². The molecule has 1 atom stereocenters. The molecule has 1 amide bonds. The Kier molecular flexibility index (Phi) is 4.71. The van der Waals surface area contributed by atoms with Crippen molar-refractivity contribution < 1.29 is 9.18 Å². The summed E-state index contributed by atoms with van der Waals surface area (Å²) >= 11 is 5.52. The number of rotatable bonds is 4. The standard InChI is InChI=1S/C11H14ClFN2O/c1-7(14-2)6-15-11(16)8-3-4-9(12)10(13)5-8/h3-5,7,14H,6H2,1-2H3,(H,15,16). The molecule has 0 saturated carbocycles. The molecule has 0 aromatic heterocycles. The first kappa shape index (κ1) is 12.9. The van der Waals surface area contributed by atoms with E-state index in [1.54, 1.807) is 7.05 Å². The van der Waals surface area contributed by atoms with Crippen LogP contribution in [0.2, 0.25) is 5.02 Å². The maximum Gasteiger partial charge on any atom is 0.251 e. The van der Waals surface area contributed by atoms with Gasteiger partial charge in [0.2, 0.25) is 0 Å². The Morgan fingerprint density at radius 2 is 2.25 bits per heavy atom. The molecule has 0 aliphatic carbocycles. The van der Waals surface area contributed by atoms with Crippen molar-refractivity contribution in [2.24, 2.45) is 0 Å². The van der Waals surface area contributed by atoms with Crippen LogP contribution in [-0.2, 0) is 0 Å². The SMILES string of the molecule is CNC(C)CNC(=O)c1ccc(Cl)c(F)c1. The Bertz CT molecular complexity index is 384. The highest BCUT2D eigenvalue weighted by Gasteiger charge is 2.09. The summed E-state index contributed by atoms with van der Waals surface area (Å²) in [5.74, 6) is -0.895. The summed E-state index contributed by atoms with van der Waals surface area (Å²) in [5.41, 5.74) is 0.269. The maximum atomic E-state index is 13.1. The molecule has 1 unspecified atom stereocenters. The number of likely N-dealkylation sites (N-methyl/N-ethyl adjacent to an activating group) is 1.